The zero-order valence-electron chi connectivity index (χ0n) is 14.6. The normalized spacial score (nSPS) is 10.5. The lowest BCUT2D eigenvalue weighted by atomic mass is 10.1. The number of nitrogens with one attached hydrogen (secondary N) is 2. The Morgan fingerprint density at radius 1 is 1.04 bits per heavy atom. The Labute approximate surface area is 147 Å². The summed E-state index contributed by atoms with van der Waals surface area (Å²) in [6.45, 7) is 6.17. The molecule has 25 heavy (non-hydrogen) atoms. The molecule has 0 unspecified atom stereocenters. The van der Waals surface area contributed by atoms with Gasteiger partial charge in [-0.2, -0.15) is 0 Å². The van der Waals surface area contributed by atoms with Gasteiger partial charge in [-0.3, -0.25) is 0 Å². The van der Waals surface area contributed by atoms with Gasteiger partial charge >= 0.3 is 6.03 Å². The highest BCUT2D eigenvalue weighted by Crippen LogP contribution is 2.24. The number of oxazole rings is 1. The van der Waals surface area contributed by atoms with Crippen LogP contribution < -0.4 is 10.6 Å². The third-order valence-corrected chi connectivity index (χ3v) is 3.99. The van der Waals surface area contributed by atoms with Gasteiger partial charge in [0.25, 0.3) is 0 Å². The molecule has 0 radical (unpaired) electrons. The molecule has 0 spiro atoms. The summed E-state index contributed by atoms with van der Waals surface area (Å²) in [6, 6.07) is 15.3. The number of hydrogen-bond donors (Lipinski definition) is 2. The van der Waals surface area contributed by atoms with E-state index in [2.05, 4.69) is 15.6 Å². The summed E-state index contributed by atoms with van der Waals surface area (Å²) in [5, 5.41) is 5.61. The number of benzene rings is 2. The molecule has 0 aliphatic carbocycles. The number of nitrogens with zero attached hydrogens (tertiary/aromatic N) is 1. The maximum absolute atomic E-state index is 12.0. The maximum atomic E-state index is 12.0. The molecule has 0 bridgehead atoms. The lowest BCUT2D eigenvalue weighted by Crippen LogP contribution is -2.28. The minimum atomic E-state index is -0.274. The van der Waals surface area contributed by atoms with E-state index >= 15 is 0 Å². The summed E-state index contributed by atoms with van der Waals surface area (Å²) >= 11 is 0. The maximum Gasteiger partial charge on any atom is 0.319 e. The van der Waals surface area contributed by atoms with Gasteiger partial charge in [0.05, 0.1) is 6.54 Å². The van der Waals surface area contributed by atoms with E-state index in [1.807, 2.05) is 69.3 Å². The Morgan fingerprint density at radius 2 is 1.76 bits per heavy atom. The number of carbonyl (C=O) groups is 1. The third-order valence-electron chi connectivity index (χ3n) is 3.99. The molecular weight excluding hydrogens is 314 g/mol. The quantitative estimate of drug-likeness (QED) is 0.733. The van der Waals surface area contributed by atoms with Gasteiger partial charge in [-0.05, 0) is 44.5 Å². The molecule has 0 fully saturated rings. The molecule has 0 saturated heterocycles. The van der Waals surface area contributed by atoms with Gasteiger partial charge in [0.1, 0.15) is 11.5 Å². The van der Waals surface area contributed by atoms with E-state index in [9.17, 15) is 4.79 Å². The van der Waals surface area contributed by atoms with Crippen molar-refractivity contribution in [1.82, 2.24) is 10.3 Å². The van der Waals surface area contributed by atoms with Gasteiger partial charge < -0.3 is 15.1 Å². The van der Waals surface area contributed by atoms with Crippen LogP contribution in [0.4, 0.5) is 10.5 Å². The van der Waals surface area contributed by atoms with E-state index in [1.165, 1.54) is 0 Å². The first-order valence-corrected chi connectivity index (χ1v) is 8.17. The van der Waals surface area contributed by atoms with Crippen LogP contribution in [0.2, 0.25) is 0 Å². The average molecular weight is 335 g/mol. The monoisotopic (exact) mass is 335 g/mol. The van der Waals surface area contributed by atoms with E-state index in [0.717, 1.165) is 28.1 Å². The van der Waals surface area contributed by atoms with Gasteiger partial charge in [-0.25, -0.2) is 9.78 Å². The zero-order chi connectivity index (χ0) is 17.8. The molecule has 2 aromatic carbocycles. The topological polar surface area (TPSA) is 67.2 Å². The van der Waals surface area contributed by atoms with Crippen molar-refractivity contribution in [2.24, 2.45) is 0 Å². The molecule has 3 aromatic rings. The molecule has 0 atom stereocenters. The predicted molar refractivity (Wildman–Crippen MR) is 98.5 cm³/mol. The Kier molecular flexibility index (Phi) is 4.84. The molecule has 0 aliphatic heterocycles. The molecule has 128 valence electrons. The second kappa shape index (κ2) is 7.21. The number of aromatic nitrogens is 1. The first-order chi connectivity index (χ1) is 12.0. The summed E-state index contributed by atoms with van der Waals surface area (Å²) < 4.78 is 5.76. The predicted octanol–water partition coefficient (Wildman–Crippen LogP) is 4.59. The van der Waals surface area contributed by atoms with Gasteiger partial charge in [-0.15, -0.1) is 0 Å². The van der Waals surface area contributed by atoms with Crippen LogP contribution in [0, 0.1) is 20.8 Å². The van der Waals surface area contributed by atoms with Crippen molar-refractivity contribution < 1.29 is 9.21 Å². The molecule has 2 N–H and O–H groups in total. The molecule has 3 rings (SSSR count). The Balaban J connectivity index is 1.64. The van der Waals surface area contributed by atoms with Gasteiger partial charge in [0.15, 0.2) is 0 Å². The van der Waals surface area contributed by atoms with Gasteiger partial charge in [0, 0.05) is 11.3 Å². The summed E-state index contributed by atoms with van der Waals surface area (Å²) in [7, 11) is 0. The van der Waals surface area contributed by atoms with Crippen LogP contribution in [-0.2, 0) is 6.54 Å². The van der Waals surface area contributed by atoms with Crippen LogP contribution in [0.1, 0.15) is 22.6 Å². The van der Waals surface area contributed by atoms with Crippen LogP contribution in [0.25, 0.3) is 11.5 Å². The smallest absolute Gasteiger partial charge is 0.319 e. The van der Waals surface area contributed by atoms with Crippen LogP contribution in [-0.4, -0.2) is 11.0 Å². The second-order valence-electron chi connectivity index (χ2n) is 6.01. The van der Waals surface area contributed by atoms with Crippen LogP contribution in [0.15, 0.2) is 52.9 Å². The van der Waals surface area contributed by atoms with Crippen molar-refractivity contribution in [3.63, 3.8) is 0 Å². The number of carbonyl (C=O) groups excluding carboxylic acids is 1. The van der Waals surface area contributed by atoms with Crippen LogP contribution >= 0.6 is 0 Å². The van der Waals surface area contributed by atoms with Crippen molar-refractivity contribution in [3.8, 4) is 11.5 Å². The number of hydrogen-bond acceptors (Lipinski definition) is 3. The van der Waals surface area contributed by atoms with Crippen molar-refractivity contribution >= 4 is 11.7 Å². The number of anilines is 1. The average Bonchev–Trinajstić information content (AvgIpc) is 2.96. The van der Waals surface area contributed by atoms with Crippen LogP contribution in [0.5, 0.6) is 0 Å². The fourth-order valence-electron chi connectivity index (χ4n) is 2.50. The first kappa shape index (κ1) is 16.8. The molecule has 0 aliphatic rings. The summed E-state index contributed by atoms with van der Waals surface area (Å²) in [6.07, 6.45) is 0. The molecule has 1 aromatic heterocycles. The van der Waals surface area contributed by atoms with Crippen molar-refractivity contribution in [3.05, 3.63) is 71.1 Å². The highest BCUT2D eigenvalue weighted by Gasteiger charge is 2.13. The summed E-state index contributed by atoms with van der Waals surface area (Å²) in [5.41, 5.74) is 4.67. The summed E-state index contributed by atoms with van der Waals surface area (Å²) in [4.78, 5) is 16.6. The largest absolute Gasteiger partial charge is 0.441 e. The molecule has 2 amide bonds. The third kappa shape index (κ3) is 4.07. The molecule has 5 heteroatoms. The Hall–Kier alpha value is -3.08. The lowest BCUT2D eigenvalue weighted by molar-refractivity contribution is 0.251. The van der Waals surface area contributed by atoms with Crippen molar-refractivity contribution in [2.75, 3.05) is 5.32 Å². The van der Waals surface area contributed by atoms with E-state index in [-0.39, 0.29) is 6.03 Å². The number of amides is 2. The molecular formula is C20H21N3O2. The highest BCUT2D eigenvalue weighted by molar-refractivity contribution is 5.89. The fourth-order valence-corrected chi connectivity index (χ4v) is 2.50. The zero-order valence-corrected chi connectivity index (χ0v) is 14.6. The number of rotatable bonds is 4. The van der Waals surface area contributed by atoms with E-state index in [4.69, 9.17) is 4.42 Å². The Bertz CT molecular complexity index is 882. The summed E-state index contributed by atoms with van der Waals surface area (Å²) in [5.74, 6) is 1.28. The SMILES string of the molecule is Cc1ccc(NC(=O)NCc2nc(-c3ccccc3C)oc2C)cc1. The highest BCUT2D eigenvalue weighted by atomic mass is 16.4. The first-order valence-electron chi connectivity index (χ1n) is 8.17. The molecule has 1 heterocycles. The van der Waals surface area contributed by atoms with E-state index in [1.54, 1.807) is 0 Å². The number of aryl methyl sites for hydroxylation is 3. The second-order valence-corrected chi connectivity index (χ2v) is 6.01. The molecule has 0 saturated carbocycles. The Morgan fingerprint density at radius 3 is 2.48 bits per heavy atom. The van der Waals surface area contributed by atoms with Crippen molar-refractivity contribution in [1.29, 1.82) is 0 Å². The minimum absolute atomic E-state index is 0.274. The molecule has 5 nitrogen and oxygen atoms in total. The minimum Gasteiger partial charge on any atom is -0.441 e. The fraction of sp³-hybridized carbons (Fsp3) is 0.200. The van der Waals surface area contributed by atoms with Crippen molar-refractivity contribution in [2.45, 2.75) is 27.3 Å². The lowest BCUT2D eigenvalue weighted by Gasteiger charge is -2.06. The van der Waals surface area contributed by atoms with Gasteiger partial charge in [0.2, 0.25) is 5.89 Å². The standard InChI is InChI=1S/C20H21N3O2/c1-13-8-10-16(11-9-13)22-20(24)21-12-18-15(3)25-19(23-18)17-7-5-4-6-14(17)2/h4-11H,12H2,1-3H3,(H2,21,22,24). The van der Waals surface area contributed by atoms with Gasteiger partial charge in [-0.1, -0.05) is 35.9 Å². The van der Waals surface area contributed by atoms with Crippen LogP contribution in [0.3, 0.4) is 0 Å². The van der Waals surface area contributed by atoms with E-state index < -0.39 is 0 Å². The number of urea groups is 1. The van der Waals surface area contributed by atoms with E-state index in [0.29, 0.717) is 18.2 Å².